The summed E-state index contributed by atoms with van der Waals surface area (Å²) in [6.07, 6.45) is 0. The summed E-state index contributed by atoms with van der Waals surface area (Å²) in [4.78, 5) is 4.53. The minimum atomic E-state index is 0.442. The lowest BCUT2D eigenvalue weighted by Crippen LogP contribution is -2.33. The molecule has 0 radical (unpaired) electrons. The number of rotatable bonds is 4. The van der Waals surface area contributed by atoms with Gasteiger partial charge in [0.15, 0.2) is 5.11 Å². The van der Waals surface area contributed by atoms with Crippen molar-refractivity contribution in [3.63, 3.8) is 0 Å². The number of benzene rings is 2. The first-order chi connectivity index (χ1) is 11.6. The number of thiocarbonyl (C=S) groups is 1. The van der Waals surface area contributed by atoms with Crippen molar-refractivity contribution in [2.45, 2.75) is 6.92 Å². The lowest BCUT2D eigenvalue weighted by atomic mass is 10.2. The van der Waals surface area contributed by atoms with Crippen molar-refractivity contribution in [2.75, 3.05) is 10.7 Å². The second kappa shape index (κ2) is 7.61. The fourth-order valence-electron chi connectivity index (χ4n) is 2.08. The molecule has 0 aliphatic carbocycles. The van der Waals surface area contributed by atoms with Crippen LogP contribution in [0.4, 0.5) is 10.8 Å². The highest BCUT2D eigenvalue weighted by Crippen LogP contribution is 2.24. The van der Waals surface area contributed by atoms with Gasteiger partial charge in [-0.1, -0.05) is 48.0 Å². The van der Waals surface area contributed by atoms with E-state index in [0.29, 0.717) is 10.1 Å². The molecule has 2 aromatic carbocycles. The number of aromatic nitrogens is 1. The molecule has 0 fully saturated rings. The zero-order valence-corrected chi connectivity index (χ0v) is 15.2. The molecule has 0 amide bonds. The number of thiazole rings is 1. The predicted octanol–water partition coefficient (Wildman–Crippen LogP) is 5.09. The molecular formula is C17H15ClN4S2. The summed E-state index contributed by atoms with van der Waals surface area (Å²) in [7, 11) is 0. The van der Waals surface area contributed by atoms with Crippen LogP contribution in [0.15, 0.2) is 53.9 Å². The second-order valence-electron chi connectivity index (χ2n) is 5.02. The van der Waals surface area contributed by atoms with Crippen LogP contribution in [0.1, 0.15) is 5.56 Å². The first kappa shape index (κ1) is 16.7. The molecule has 3 rings (SSSR count). The summed E-state index contributed by atoms with van der Waals surface area (Å²) in [5.41, 5.74) is 9.76. The number of halogens is 1. The van der Waals surface area contributed by atoms with Crippen LogP contribution in [0.3, 0.4) is 0 Å². The maximum atomic E-state index is 6.10. The molecule has 0 saturated heterocycles. The van der Waals surface area contributed by atoms with Crippen molar-refractivity contribution in [1.82, 2.24) is 10.4 Å². The van der Waals surface area contributed by atoms with Gasteiger partial charge in [0.25, 0.3) is 0 Å². The van der Waals surface area contributed by atoms with E-state index in [1.165, 1.54) is 11.3 Å². The van der Waals surface area contributed by atoms with Crippen LogP contribution in [0, 0.1) is 6.92 Å². The fraction of sp³-hybridized carbons (Fsp3) is 0.0588. The first-order valence-electron chi connectivity index (χ1n) is 7.22. The van der Waals surface area contributed by atoms with E-state index in [4.69, 9.17) is 23.8 Å². The third-order valence-electron chi connectivity index (χ3n) is 3.37. The van der Waals surface area contributed by atoms with Gasteiger partial charge in [0.2, 0.25) is 5.13 Å². The minimum Gasteiger partial charge on any atom is -0.331 e. The maximum absolute atomic E-state index is 6.10. The van der Waals surface area contributed by atoms with Crippen LogP contribution in [0.2, 0.25) is 5.02 Å². The largest absolute Gasteiger partial charge is 0.331 e. The SMILES string of the molecule is Cc1c(Cl)cccc1NC(=S)NNc1nc(-c2ccccc2)cs1. The molecule has 0 spiro atoms. The fourth-order valence-corrected chi connectivity index (χ4v) is 3.09. The smallest absolute Gasteiger partial charge is 0.202 e. The van der Waals surface area contributed by atoms with Gasteiger partial charge in [0.1, 0.15) is 0 Å². The van der Waals surface area contributed by atoms with E-state index in [-0.39, 0.29) is 0 Å². The molecule has 0 aliphatic rings. The molecule has 3 N–H and O–H groups in total. The van der Waals surface area contributed by atoms with Gasteiger partial charge < -0.3 is 5.32 Å². The molecule has 0 aliphatic heterocycles. The Morgan fingerprint density at radius 3 is 2.71 bits per heavy atom. The molecule has 1 aromatic heterocycles. The van der Waals surface area contributed by atoms with Gasteiger partial charge in [-0.15, -0.1) is 11.3 Å². The van der Waals surface area contributed by atoms with E-state index < -0.39 is 0 Å². The van der Waals surface area contributed by atoms with Crippen molar-refractivity contribution >= 4 is 51.1 Å². The molecule has 1 heterocycles. The van der Waals surface area contributed by atoms with E-state index in [2.05, 4.69) is 21.2 Å². The lowest BCUT2D eigenvalue weighted by Gasteiger charge is -2.13. The highest BCUT2D eigenvalue weighted by atomic mass is 35.5. The molecule has 24 heavy (non-hydrogen) atoms. The molecule has 0 bridgehead atoms. The van der Waals surface area contributed by atoms with E-state index >= 15 is 0 Å². The Hall–Kier alpha value is -2.15. The Kier molecular flexibility index (Phi) is 5.30. The van der Waals surface area contributed by atoms with Crippen LogP contribution in [-0.4, -0.2) is 10.1 Å². The predicted molar refractivity (Wildman–Crippen MR) is 107 cm³/mol. The van der Waals surface area contributed by atoms with E-state index in [1.807, 2.05) is 60.8 Å². The summed E-state index contributed by atoms with van der Waals surface area (Å²) < 4.78 is 0. The summed E-state index contributed by atoms with van der Waals surface area (Å²) >= 11 is 12.9. The van der Waals surface area contributed by atoms with Crippen LogP contribution >= 0.6 is 35.2 Å². The molecule has 7 heteroatoms. The topological polar surface area (TPSA) is 49.0 Å². The van der Waals surface area contributed by atoms with Crippen LogP contribution in [0.25, 0.3) is 11.3 Å². The summed E-state index contributed by atoms with van der Waals surface area (Å²) in [5.74, 6) is 0. The first-order valence-corrected chi connectivity index (χ1v) is 8.89. The Labute approximate surface area is 154 Å². The maximum Gasteiger partial charge on any atom is 0.202 e. The van der Waals surface area contributed by atoms with Crippen molar-refractivity contribution in [3.05, 3.63) is 64.5 Å². The van der Waals surface area contributed by atoms with Crippen molar-refractivity contribution < 1.29 is 0 Å². The zero-order valence-electron chi connectivity index (χ0n) is 12.8. The van der Waals surface area contributed by atoms with E-state index in [0.717, 1.165) is 27.6 Å². The van der Waals surface area contributed by atoms with Crippen molar-refractivity contribution in [1.29, 1.82) is 0 Å². The van der Waals surface area contributed by atoms with Crippen molar-refractivity contribution in [2.24, 2.45) is 0 Å². The number of anilines is 2. The molecule has 4 nitrogen and oxygen atoms in total. The number of hydrazine groups is 1. The molecule has 0 saturated carbocycles. The van der Waals surface area contributed by atoms with Crippen LogP contribution in [-0.2, 0) is 0 Å². The Morgan fingerprint density at radius 1 is 1.12 bits per heavy atom. The van der Waals surface area contributed by atoms with Crippen LogP contribution < -0.4 is 16.2 Å². The third-order valence-corrected chi connectivity index (χ3v) is 4.74. The van der Waals surface area contributed by atoms with Gasteiger partial charge in [0.05, 0.1) is 5.69 Å². The highest BCUT2D eigenvalue weighted by Gasteiger charge is 2.06. The monoisotopic (exact) mass is 374 g/mol. The van der Waals surface area contributed by atoms with Gasteiger partial charge in [0, 0.05) is 21.7 Å². The number of nitrogens with zero attached hydrogens (tertiary/aromatic N) is 1. The normalized spacial score (nSPS) is 10.2. The summed E-state index contributed by atoms with van der Waals surface area (Å²) in [6.45, 7) is 1.94. The molecular weight excluding hydrogens is 360 g/mol. The molecule has 0 atom stereocenters. The van der Waals surface area contributed by atoms with Gasteiger partial charge in [-0.2, -0.15) is 0 Å². The summed E-state index contributed by atoms with van der Waals surface area (Å²) in [6, 6.07) is 15.7. The minimum absolute atomic E-state index is 0.442. The highest BCUT2D eigenvalue weighted by molar-refractivity contribution is 7.80. The Balaban J connectivity index is 1.59. The number of hydrogen-bond donors (Lipinski definition) is 3. The van der Waals surface area contributed by atoms with E-state index in [9.17, 15) is 0 Å². The third kappa shape index (κ3) is 4.03. The summed E-state index contributed by atoms with van der Waals surface area (Å²) in [5, 5.41) is 6.98. The number of nitrogens with one attached hydrogen (secondary N) is 3. The Bertz CT molecular complexity index is 849. The zero-order chi connectivity index (χ0) is 16.9. The number of hydrogen-bond acceptors (Lipinski definition) is 4. The van der Waals surface area contributed by atoms with Crippen molar-refractivity contribution in [3.8, 4) is 11.3 Å². The average Bonchev–Trinajstić information content (AvgIpc) is 3.07. The van der Waals surface area contributed by atoms with Crippen LogP contribution in [0.5, 0.6) is 0 Å². The molecule has 122 valence electrons. The average molecular weight is 375 g/mol. The molecule has 3 aromatic rings. The van der Waals surface area contributed by atoms with Gasteiger partial charge in [-0.05, 0) is 36.8 Å². The lowest BCUT2D eigenvalue weighted by molar-refractivity contribution is 1.12. The van der Waals surface area contributed by atoms with Gasteiger partial charge >= 0.3 is 0 Å². The standard InChI is InChI=1S/C17H15ClN4S2/c1-11-13(18)8-5-9-14(11)19-16(23)21-22-17-20-15(10-24-17)12-6-3-2-4-7-12/h2-10H,1H3,(H,20,22)(H2,19,21,23). The second-order valence-corrected chi connectivity index (χ2v) is 6.69. The van der Waals surface area contributed by atoms with Gasteiger partial charge in [-0.3, -0.25) is 10.9 Å². The molecule has 0 unspecified atom stereocenters. The Morgan fingerprint density at radius 2 is 1.92 bits per heavy atom. The van der Waals surface area contributed by atoms with Gasteiger partial charge in [-0.25, -0.2) is 4.98 Å². The quantitative estimate of drug-likeness (QED) is 0.439. The van der Waals surface area contributed by atoms with E-state index in [1.54, 1.807) is 0 Å².